The van der Waals surface area contributed by atoms with Gasteiger partial charge in [-0.25, -0.2) is 9.97 Å². The Hall–Kier alpha value is -3.45. The van der Waals surface area contributed by atoms with Gasteiger partial charge in [-0.1, -0.05) is 17.7 Å². The number of pyridine rings is 1. The van der Waals surface area contributed by atoms with Crippen molar-refractivity contribution in [2.45, 2.75) is 19.1 Å². The summed E-state index contributed by atoms with van der Waals surface area (Å²) in [6.45, 7) is 1.59. The molecule has 2 aromatic heterocycles. The molecule has 3 rings (SSSR count). The summed E-state index contributed by atoms with van der Waals surface area (Å²) >= 11 is 5.73. The largest absolute Gasteiger partial charge is 0.416 e. The third-order valence-electron chi connectivity index (χ3n) is 3.86. The summed E-state index contributed by atoms with van der Waals surface area (Å²) in [5.41, 5.74) is -1.10. The van der Waals surface area contributed by atoms with E-state index in [9.17, 15) is 18.0 Å². The standard InChI is InChI=1S/C18H12ClF3N6O/c1-10(16-24-9-25-28(16)15-4-2-3-14(8-23)27-15)26-17(29)11-5-12(18(20,21)22)7-13(19)6-11/h2-7,9-10H,1H3,(H,26,29)/t10-/m0/s1. The lowest BCUT2D eigenvalue weighted by molar-refractivity contribution is -0.137. The Kier molecular flexibility index (Phi) is 5.52. The third-order valence-corrected chi connectivity index (χ3v) is 4.08. The highest BCUT2D eigenvalue weighted by Gasteiger charge is 2.32. The van der Waals surface area contributed by atoms with Gasteiger partial charge in [-0.15, -0.1) is 0 Å². The van der Waals surface area contributed by atoms with Crippen molar-refractivity contribution in [2.75, 3.05) is 0 Å². The van der Waals surface area contributed by atoms with E-state index in [2.05, 4.69) is 20.4 Å². The van der Waals surface area contributed by atoms with Crippen molar-refractivity contribution < 1.29 is 18.0 Å². The smallest absolute Gasteiger partial charge is 0.342 e. The summed E-state index contributed by atoms with van der Waals surface area (Å²) in [6, 6.07) is 8.50. The van der Waals surface area contributed by atoms with Crippen LogP contribution in [-0.4, -0.2) is 25.7 Å². The summed E-state index contributed by atoms with van der Waals surface area (Å²) in [6.07, 6.45) is -3.40. The Balaban J connectivity index is 1.86. The van der Waals surface area contributed by atoms with Crippen LogP contribution in [0.1, 0.15) is 40.4 Å². The summed E-state index contributed by atoms with van der Waals surface area (Å²) in [7, 11) is 0. The monoisotopic (exact) mass is 420 g/mol. The van der Waals surface area contributed by atoms with Gasteiger partial charge in [-0.05, 0) is 37.3 Å². The zero-order valence-electron chi connectivity index (χ0n) is 14.8. The molecule has 7 nitrogen and oxygen atoms in total. The van der Waals surface area contributed by atoms with Gasteiger partial charge in [-0.3, -0.25) is 4.79 Å². The Labute approximate surface area is 167 Å². The molecule has 1 N–H and O–H groups in total. The number of hydrogen-bond donors (Lipinski definition) is 1. The fraction of sp³-hybridized carbons (Fsp3) is 0.167. The number of alkyl halides is 3. The molecular weight excluding hydrogens is 409 g/mol. The molecule has 1 atom stereocenters. The number of rotatable bonds is 4. The highest BCUT2D eigenvalue weighted by Crippen LogP contribution is 2.32. The predicted octanol–water partition coefficient (Wildman–Crippen LogP) is 3.70. The molecule has 29 heavy (non-hydrogen) atoms. The number of halogens is 4. The Morgan fingerprint density at radius 2 is 2.07 bits per heavy atom. The van der Waals surface area contributed by atoms with Gasteiger partial charge in [0.05, 0.1) is 11.6 Å². The molecule has 0 saturated carbocycles. The molecule has 148 valence electrons. The number of nitriles is 1. The van der Waals surface area contributed by atoms with E-state index in [0.29, 0.717) is 5.82 Å². The number of hydrogen-bond acceptors (Lipinski definition) is 5. The molecule has 0 unspecified atom stereocenters. The zero-order chi connectivity index (χ0) is 21.2. The van der Waals surface area contributed by atoms with Crippen LogP contribution in [0.4, 0.5) is 13.2 Å². The van der Waals surface area contributed by atoms with Crippen LogP contribution in [0.3, 0.4) is 0 Å². The first kappa shape index (κ1) is 20.3. The summed E-state index contributed by atoms with van der Waals surface area (Å²) in [5, 5.41) is 15.4. The number of carbonyl (C=O) groups is 1. The zero-order valence-corrected chi connectivity index (χ0v) is 15.5. The molecule has 11 heteroatoms. The SMILES string of the molecule is C[C@H](NC(=O)c1cc(Cl)cc(C(F)(F)F)c1)c1ncnn1-c1cccc(C#N)n1. The van der Waals surface area contributed by atoms with Crippen molar-refractivity contribution in [3.05, 3.63) is 70.4 Å². The van der Waals surface area contributed by atoms with Gasteiger partial charge >= 0.3 is 6.18 Å². The number of nitrogens with one attached hydrogen (secondary N) is 1. The van der Waals surface area contributed by atoms with Gasteiger partial charge in [-0.2, -0.15) is 28.2 Å². The first-order valence-electron chi connectivity index (χ1n) is 8.15. The number of amides is 1. The van der Waals surface area contributed by atoms with E-state index in [-0.39, 0.29) is 22.1 Å². The van der Waals surface area contributed by atoms with Crippen LogP contribution >= 0.6 is 11.6 Å². The molecule has 1 amide bonds. The van der Waals surface area contributed by atoms with Crippen LogP contribution in [0, 0.1) is 11.3 Å². The van der Waals surface area contributed by atoms with Gasteiger partial charge in [0.1, 0.15) is 18.1 Å². The highest BCUT2D eigenvalue weighted by atomic mass is 35.5. The van der Waals surface area contributed by atoms with Crippen LogP contribution in [0.25, 0.3) is 5.82 Å². The van der Waals surface area contributed by atoms with Crippen LogP contribution in [-0.2, 0) is 6.18 Å². The maximum absolute atomic E-state index is 13.0. The van der Waals surface area contributed by atoms with E-state index in [1.807, 2.05) is 6.07 Å². The van der Waals surface area contributed by atoms with Crippen LogP contribution in [0.2, 0.25) is 5.02 Å². The van der Waals surface area contributed by atoms with E-state index in [0.717, 1.165) is 18.2 Å². The molecular formula is C18H12ClF3N6O. The molecule has 1 aromatic carbocycles. The fourth-order valence-electron chi connectivity index (χ4n) is 2.55. The van der Waals surface area contributed by atoms with Crippen molar-refractivity contribution in [3.63, 3.8) is 0 Å². The minimum absolute atomic E-state index is 0.166. The molecule has 0 aliphatic rings. The highest BCUT2D eigenvalue weighted by molar-refractivity contribution is 6.31. The summed E-state index contributed by atoms with van der Waals surface area (Å²) in [5.74, 6) is -0.183. The van der Waals surface area contributed by atoms with E-state index < -0.39 is 23.7 Å². The maximum atomic E-state index is 13.0. The van der Waals surface area contributed by atoms with Gasteiger partial charge in [0.2, 0.25) is 0 Å². The first-order valence-corrected chi connectivity index (χ1v) is 8.53. The van der Waals surface area contributed by atoms with E-state index in [1.165, 1.54) is 17.1 Å². The molecule has 0 fully saturated rings. The van der Waals surface area contributed by atoms with Gasteiger partial charge in [0.15, 0.2) is 11.6 Å². The van der Waals surface area contributed by atoms with E-state index in [4.69, 9.17) is 16.9 Å². The molecule has 2 heterocycles. The van der Waals surface area contributed by atoms with Crippen molar-refractivity contribution in [1.29, 1.82) is 5.26 Å². The number of nitrogens with zero attached hydrogens (tertiary/aromatic N) is 5. The Morgan fingerprint density at radius 3 is 2.76 bits per heavy atom. The molecule has 0 bridgehead atoms. The van der Waals surface area contributed by atoms with E-state index in [1.54, 1.807) is 19.1 Å². The minimum atomic E-state index is -4.64. The topological polar surface area (TPSA) is 96.5 Å². The molecule has 0 spiro atoms. The predicted molar refractivity (Wildman–Crippen MR) is 96.2 cm³/mol. The fourth-order valence-corrected chi connectivity index (χ4v) is 2.79. The van der Waals surface area contributed by atoms with Crippen molar-refractivity contribution >= 4 is 17.5 Å². The van der Waals surface area contributed by atoms with Gasteiger partial charge in [0.25, 0.3) is 5.91 Å². The Bertz CT molecular complexity index is 1110. The number of benzene rings is 1. The normalized spacial score (nSPS) is 12.3. The summed E-state index contributed by atoms with van der Waals surface area (Å²) in [4.78, 5) is 20.7. The van der Waals surface area contributed by atoms with Gasteiger partial charge in [0, 0.05) is 10.6 Å². The average Bonchev–Trinajstić information content (AvgIpc) is 3.17. The summed E-state index contributed by atoms with van der Waals surface area (Å²) < 4.78 is 40.2. The molecule has 0 aliphatic carbocycles. The lowest BCUT2D eigenvalue weighted by Crippen LogP contribution is -2.29. The second-order valence-corrected chi connectivity index (χ2v) is 6.38. The molecule has 0 radical (unpaired) electrons. The van der Waals surface area contributed by atoms with Gasteiger partial charge < -0.3 is 5.32 Å². The number of aromatic nitrogens is 4. The van der Waals surface area contributed by atoms with Crippen molar-refractivity contribution in [3.8, 4) is 11.9 Å². The number of carbonyl (C=O) groups excluding carboxylic acids is 1. The minimum Gasteiger partial charge on any atom is -0.342 e. The average molecular weight is 421 g/mol. The van der Waals surface area contributed by atoms with Crippen molar-refractivity contribution in [1.82, 2.24) is 25.1 Å². The quantitative estimate of drug-likeness (QED) is 0.694. The van der Waals surface area contributed by atoms with Crippen LogP contribution in [0.5, 0.6) is 0 Å². The maximum Gasteiger partial charge on any atom is 0.416 e. The van der Waals surface area contributed by atoms with E-state index >= 15 is 0 Å². The lowest BCUT2D eigenvalue weighted by Gasteiger charge is -2.15. The van der Waals surface area contributed by atoms with Crippen molar-refractivity contribution in [2.24, 2.45) is 0 Å². The lowest BCUT2D eigenvalue weighted by atomic mass is 10.1. The third kappa shape index (κ3) is 4.52. The Morgan fingerprint density at radius 1 is 1.31 bits per heavy atom. The first-order chi connectivity index (χ1) is 13.7. The second-order valence-electron chi connectivity index (χ2n) is 5.94. The molecule has 3 aromatic rings. The molecule has 0 aliphatic heterocycles. The molecule has 0 saturated heterocycles. The second kappa shape index (κ2) is 7.89. The van der Waals surface area contributed by atoms with Crippen LogP contribution < -0.4 is 5.32 Å². The van der Waals surface area contributed by atoms with Crippen LogP contribution in [0.15, 0.2) is 42.7 Å².